The Morgan fingerprint density at radius 1 is 1.29 bits per heavy atom. The Morgan fingerprint density at radius 3 is 2.50 bits per heavy atom. The second-order valence-electron chi connectivity index (χ2n) is 5.38. The van der Waals surface area contributed by atoms with E-state index in [-0.39, 0.29) is 5.46 Å². The van der Waals surface area contributed by atoms with Crippen LogP contribution < -0.4 is 5.46 Å². The fraction of sp³-hybridized carbons (Fsp3) is 0.267. The first kappa shape index (κ1) is 16.9. The molecule has 0 radical (unpaired) electrons. The van der Waals surface area contributed by atoms with Gasteiger partial charge in [-0.05, 0) is 18.2 Å². The summed E-state index contributed by atoms with van der Waals surface area (Å²) < 4.78 is 66.2. The topological polar surface area (TPSA) is 54.9 Å². The van der Waals surface area contributed by atoms with E-state index < -0.39 is 48.1 Å². The number of alkyl halides is 2. The number of benzene rings is 1. The van der Waals surface area contributed by atoms with Crippen molar-refractivity contribution in [2.75, 3.05) is 13.7 Å². The molecule has 0 bridgehead atoms. The monoisotopic (exact) mass is 341 g/mol. The summed E-state index contributed by atoms with van der Waals surface area (Å²) >= 11 is 0. The van der Waals surface area contributed by atoms with Crippen LogP contribution in [0.15, 0.2) is 36.5 Å². The maximum Gasteiger partial charge on any atom is 0.492 e. The Bertz CT molecular complexity index is 753. The number of epoxide rings is 1. The molecule has 1 aromatic heterocycles. The molecule has 1 aromatic carbocycles. The standard InChI is InChI=1S/C15H12BF4NO3/c1-23-16(22)9-2-5-13(21-7-9)15(19,20)14(8-24-14)11-4-3-10(17)6-12(11)18/h2-7,22H,8H2,1H3. The molecule has 2 aromatic rings. The zero-order valence-electron chi connectivity index (χ0n) is 12.5. The predicted octanol–water partition coefficient (Wildman–Crippen LogP) is 1.71. The first-order valence-corrected chi connectivity index (χ1v) is 6.96. The minimum Gasteiger partial charge on any atom is -0.423 e. The number of rotatable bonds is 5. The molecule has 9 heteroatoms. The van der Waals surface area contributed by atoms with Crippen LogP contribution in [-0.4, -0.2) is 30.8 Å². The number of hydrogen-bond acceptors (Lipinski definition) is 4. The van der Waals surface area contributed by atoms with Crippen molar-refractivity contribution in [1.82, 2.24) is 4.98 Å². The lowest BCUT2D eigenvalue weighted by atomic mass is 9.80. The lowest BCUT2D eigenvalue weighted by Crippen LogP contribution is -2.36. The van der Waals surface area contributed by atoms with E-state index in [9.17, 15) is 22.6 Å². The molecule has 0 spiro atoms. The van der Waals surface area contributed by atoms with Crippen LogP contribution in [0.25, 0.3) is 0 Å². The van der Waals surface area contributed by atoms with Gasteiger partial charge in [-0.1, -0.05) is 6.07 Å². The Kier molecular flexibility index (Phi) is 4.10. The molecule has 1 saturated heterocycles. The summed E-state index contributed by atoms with van der Waals surface area (Å²) in [6, 6.07) is 4.59. The van der Waals surface area contributed by atoms with Crippen molar-refractivity contribution < 1.29 is 32.0 Å². The lowest BCUT2D eigenvalue weighted by Gasteiger charge is -2.24. The van der Waals surface area contributed by atoms with Crippen LogP contribution in [0.3, 0.4) is 0 Å². The Balaban J connectivity index is 1.97. The van der Waals surface area contributed by atoms with Gasteiger partial charge in [0.05, 0.1) is 6.61 Å². The molecular weight excluding hydrogens is 329 g/mol. The van der Waals surface area contributed by atoms with Crippen LogP contribution in [0.2, 0.25) is 0 Å². The summed E-state index contributed by atoms with van der Waals surface area (Å²) in [6.07, 6.45) is 1.04. The third kappa shape index (κ3) is 2.58. The number of ether oxygens (including phenoxy) is 1. The molecule has 126 valence electrons. The third-order valence-electron chi connectivity index (χ3n) is 3.92. The third-order valence-corrected chi connectivity index (χ3v) is 3.92. The molecule has 0 saturated carbocycles. The molecule has 1 aliphatic rings. The normalized spacial score (nSPS) is 20.1. The summed E-state index contributed by atoms with van der Waals surface area (Å²) in [4.78, 5) is 3.63. The summed E-state index contributed by atoms with van der Waals surface area (Å²) in [5.74, 6) is -5.63. The van der Waals surface area contributed by atoms with Gasteiger partial charge in [-0.2, -0.15) is 8.78 Å². The molecule has 1 atom stereocenters. The van der Waals surface area contributed by atoms with Crippen LogP contribution in [0, 0.1) is 11.6 Å². The van der Waals surface area contributed by atoms with E-state index in [1.54, 1.807) is 0 Å². The highest BCUT2D eigenvalue weighted by Crippen LogP contribution is 2.56. The van der Waals surface area contributed by atoms with Gasteiger partial charge in [0.15, 0.2) is 5.60 Å². The maximum atomic E-state index is 14.8. The van der Waals surface area contributed by atoms with E-state index in [4.69, 9.17) is 4.74 Å². The number of nitrogens with zero attached hydrogens (tertiary/aromatic N) is 1. The summed E-state index contributed by atoms with van der Waals surface area (Å²) in [6.45, 7) is -0.424. The van der Waals surface area contributed by atoms with Crippen molar-refractivity contribution >= 4 is 12.6 Å². The first-order chi connectivity index (χ1) is 11.3. The Morgan fingerprint density at radius 2 is 2.00 bits per heavy atom. The number of aromatic nitrogens is 1. The minimum absolute atomic E-state index is 0.191. The van der Waals surface area contributed by atoms with Crippen molar-refractivity contribution in [2.24, 2.45) is 0 Å². The highest BCUT2D eigenvalue weighted by Gasteiger charge is 2.68. The molecule has 1 N–H and O–H groups in total. The van der Waals surface area contributed by atoms with Gasteiger partial charge >= 0.3 is 13.0 Å². The largest absolute Gasteiger partial charge is 0.492 e. The predicted molar refractivity (Wildman–Crippen MR) is 76.7 cm³/mol. The van der Waals surface area contributed by atoms with Crippen molar-refractivity contribution in [3.63, 3.8) is 0 Å². The highest BCUT2D eigenvalue weighted by molar-refractivity contribution is 6.59. The Hall–Kier alpha value is -1.97. The van der Waals surface area contributed by atoms with Gasteiger partial charge in [-0.3, -0.25) is 4.98 Å². The second kappa shape index (κ2) is 5.84. The molecule has 0 amide bonds. The van der Waals surface area contributed by atoms with Crippen molar-refractivity contribution in [3.8, 4) is 0 Å². The second-order valence-corrected chi connectivity index (χ2v) is 5.38. The van der Waals surface area contributed by atoms with E-state index in [2.05, 4.69) is 9.64 Å². The summed E-state index contributed by atoms with van der Waals surface area (Å²) in [5.41, 5.74) is -3.12. The molecule has 4 nitrogen and oxygen atoms in total. The maximum absolute atomic E-state index is 14.8. The van der Waals surface area contributed by atoms with E-state index in [1.165, 1.54) is 13.2 Å². The number of hydrogen-bond donors (Lipinski definition) is 1. The molecule has 1 unspecified atom stereocenters. The first-order valence-electron chi connectivity index (χ1n) is 6.96. The van der Waals surface area contributed by atoms with Crippen molar-refractivity contribution in [3.05, 3.63) is 59.4 Å². The van der Waals surface area contributed by atoms with Gasteiger partial charge in [-0.15, -0.1) is 0 Å². The van der Waals surface area contributed by atoms with Gasteiger partial charge in [0, 0.05) is 30.4 Å². The average Bonchev–Trinajstić information content (AvgIpc) is 3.36. The molecule has 0 aliphatic carbocycles. The van der Waals surface area contributed by atoms with Crippen LogP contribution in [0.1, 0.15) is 11.3 Å². The van der Waals surface area contributed by atoms with Crippen LogP contribution in [0.4, 0.5) is 17.6 Å². The Labute approximate surface area is 135 Å². The number of pyridine rings is 1. The fourth-order valence-corrected chi connectivity index (χ4v) is 2.48. The smallest absolute Gasteiger partial charge is 0.423 e. The van der Waals surface area contributed by atoms with Gasteiger partial charge in [0.2, 0.25) is 0 Å². The van der Waals surface area contributed by atoms with Crippen LogP contribution >= 0.6 is 0 Å². The van der Waals surface area contributed by atoms with Crippen LogP contribution in [-0.2, 0) is 20.9 Å². The van der Waals surface area contributed by atoms with E-state index in [0.29, 0.717) is 6.07 Å². The van der Waals surface area contributed by atoms with Crippen molar-refractivity contribution in [2.45, 2.75) is 11.5 Å². The number of halogens is 4. The zero-order valence-corrected chi connectivity index (χ0v) is 12.5. The van der Waals surface area contributed by atoms with Gasteiger partial charge in [0.25, 0.3) is 0 Å². The van der Waals surface area contributed by atoms with Crippen LogP contribution in [0.5, 0.6) is 0 Å². The van der Waals surface area contributed by atoms with E-state index in [1.807, 2.05) is 0 Å². The molecule has 1 fully saturated rings. The molecule has 1 aliphatic heterocycles. The molecule has 2 heterocycles. The van der Waals surface area contributed by atoms with Gasteiger partial charge in [-0.25, -0.2) is 8.78 Å². The minimum atomic E-state index is -3.65. The van der Waals surface area contributed by atoms with Gasteiger partial charge < -0.3 is 14.4 Å². The highest BCUT2D eigenvalue weighted by atomic mass is 19.3. The van der Waals surface area contributed by atoms with Gasteiger partial charge in [0.1, 0.15) is 17.3 Å². The molecule has 24 heavy (non-hydrogen) atoms. The molecule has 3 rings (SSSR count). The fourth-order valence-electron chi connectivity index (χ4n) is 2.48. The van der Waals surface area contributed by atoms with E-state index >= 15 is 0 Å². The molecular formula is C15H12BF4NO3. The van der Waals surface area contributed by atoms with E-state index in [0.717, 1.165) is 24.4 Å². The SMILES string of the molecule is COB(O)c1ccc(C(F)(F)C2(c3ccc(F)cc3F)CO2)nc1. The average molecular weight is 341 g/mol. The summed E-state index contributed by atoms with van der Waals surface area (Å²) in [5, 5.41) is 9.48. The lowest BCUT2D eigenvalue weighted by molar-refractivity contribution is -0.0901. The quantitative estimate of drug-likeness (QED) is 0.511. The summed E-state index contributed by atoms with van der Waals surface area (Å²) in [7, 11) is -0.0433. The van der Waals surface area contributed by atoms with Crippen molar-refractivity contribution in [1.29, 1.82) is 0 Å². The zero-order chi connectivity index (χ0) is 17.5.